The molecule has 4 aliphatic carbocycles. The Hall–Kier alpha value is -1.90. The van der Waals surface area contributed by atoms with E-state index >= 15 is 0 Å². The predicted molar refractivity (Wildman–Crippen MR) is 128 cm³/mol. The maximum absolute atomic E-state index is 12.3. The number of hydrogen-bond donors (Lipinski definition) is 3. The predicted octanol–water partition coefficient (Wildman–Crippen LogP) is 3.80. The molecule has 174 valence electrons. The van der Waals surface area contributed by atoms with Crippen molar-refractivity contribution < 1.29 is 14.6 Å². The van der Waals surface area contributed by atoms with Crippen molar-refractivity contribution in [3.05, 3.63) is 24.0 Å². The lowest BCUT2D eigenvalue weighted by atomic mass is 9.52. The standard InChI is InChI=1S/C24H36N4O3Si/c1-32(2,3)7-6-31-14-28-5-4-18-21(19(22(25)29)13-26-23(18)28)27-20-16-8-15-9-17(20)12-24(30,10-15)11-16/h4-5,13,15-17,20,30H,6-12,14H2,1-3H3,(H2,25,29)(H,26,27)/t15-,16-,17+,20-,24-. The summed E-state index contributed by atoms with van der Waals surface area (Å²) in [6, 6.07) is 3.38. The maximum atomic E-state index is 12.3. The molecule has 4 N–H and O–H groups in total. The Morgan fingerprint density at radius 2 is 2.03 bits per heavy atom. The van der Waals surface area contributed by atoms with Gasteiger partial charge in [0.25, 0.3) is 5.91 Å². The van der Waals surface area contributed by atoms with Crippen LogP contribution in [0, 0.1) is 17.8 Å². The third-order valence-corrected chi connectivity index (χ3v) is 9.54. The van der Waals surface area contributed by atoms with Gasteiger partial charge in [0, 0.05) is 38.5 Å². The highest BCUT2D eigenvalue weighted by Gasteiger charge is 2.54. The molecule has 5 atom stereocenters. The summed E-state index contributed by atoms with van der Waals surface area (Å²) in [6.45, 7) is 8.22. The van der Waals surface area contributed by atoms with Gasteiger partial charge in [0.2, 0.25) is 0 Å². The number of ether oxygens (including phenoxy) is 1. The van der Waals surface area contributed by atoms with Crippen LogP contribution in [0.25, 0.3) is 11.0 Å². The van der Waals surface area contributed by atoms with Crippen molar-refractivity contribution in [1.82, 2.24) is 9.55 Å². The molecule has 2 aromatic heterocycles. The molecule has 7 nitrogen and oxygen atoms in total. The van der Waals surface area contributed by atoms with E-state index in [9.17, 15) is 9.90 Å². The minimum atomic E-state index is -1.13. The van der Waals surface area contributed by atoms with Gasteiger partial charge in [0.05, 0.1) is 16.9 Å². The second kappa shape index (κ2) is 7.85. The molecular weight excluding hydrogens is 420 g/mol. The van der Waals surface area contributed by atoms with Gasteiger partial charge in [-0.1, -0.05) is 19.6 Å². The van der Waals surface area contributed by atoms with E-state index in [1.165, 1.54) is 0 Å². The number of primary amides is 1. The Kier molecular flexibility index (Phi) is 5.38. The van der Waals surface area contributed by atoms with E-state index in [1.54, 1.807) is 6.20 Å². The van der Waals surface area contributed by atoms with Crippen LogP contribution in [0.15, 0.2) is 18.5 Å². The van der Waals surface area contributed by atoms with Crippen LogP contribution in [0.1, 0.15) is 42.5 Å². The van der Waals surface area contributed by atoms with Crippen molar-refractivity contribution in [1.29, 1.82) is 0 Å². The molecule has 1 amide bonds. The van der Waals surface area contributed by atoms with E-state index in [0.29, 0.717) is 30.0 Å². The molecule has 4 saturated carbocycles. The molecule has 2 aromatic rings. The third kappa shape index (κ3) is 4.08. The number of pyridine rings is 1. The first-order chi connectivity index (χ1) is 15.1. The molecule has 0 radical (unpaired) electrons. The second-order valence-corrected chi connectivity index (χ2v) is 17.3. The number of nitrogens with zero attached hydrogens (tertiary/aromatic N) is 2. The highest BCUT2D eigenvalue weighted by atomic mass is 28.3. The van der Waals surface area contributed by atoms with Crippen molar-refractivity contribution in [3.8, 4) is 0 Å². The zero-order valence-corrected chi connectivity index (χ0v) is 20.4. The fourth-order valence-electron chi connectivity index (χ4n) is 6.51. The molecule has 4 bridgehead atoms. The highest BCUT2D eigenvalue weighted by molar-refractivity contribution is 6.76. The van der Waals surface area contributed by atoms with Gasteiger partial charge in [-0.05, 0) is 62.0 Å². The molecule has 4 fully saturated rings. The lowest BCUT2D eigenvalue weighted by molar-refractivity contribution is -0.129. The summed E-state index contributed by atoms with van der Waals surface area (Å²) in [5.41, 5.74) is 7.27. The number of hydrogen-bond acceptors (Lipinski definition) is 5. The number of carbonyl (C=O) groups excluding carboxylic acids is 1. The van der Waals surface area contributed by atoms with E-state index in [4.69, 9.17) is 10.5 Å². The largest absolute Gasteiger partial charge is 0.390 e. The van der Waals surface area contributed by atoms with E-state index in [-0.39, 0.29) is 6.04 Å². The summed E-state index contributed by atoms with van der Waals surface area (Å²) in [5, 5.41) is 15.6. The number of amides is 1. The first-order valence-electron chi connectivity index (χ1n) is 12.0. The average Bonchev–Trinajstić information content (AvgIpc) is 3.09. The third-order valence-electron chi connectivity index (χ3n) is 7.83. The van der Waals surface area contributed by atoms with Crippen LogP contribution in [0.2, 0.25) is 25.7 Å². The van der Waals surface area contributed by atoms with Crippen molar-refractivity contribution in [2.24, 2.45) is 23.5 Å². The SMILES string of the molecule is C[Si](C)(C)CCOCn1ccc2c(N[C@@H]3[C@@H]4C[C@@H]5C[C@H]3C[C@@](O)(C5)C4)c(C(N)=O)cnc21. The quantitative estimate of drug-likeness (QED) is 0.414. The first kappa shape index (κ1) is 21.9. The van der Waals surface area contributed by atoms with E-state index in [1.807, 2.05) is 16.8 Å². The van der Waals surface area contributed by atoms with Crippen LogP contribution >= 0.6 is 0 Å². The van der Waals surface area contributed by atoms with Gasteiger partial charge in [0.1, 0.15) is 12.4 Å². The molecule has 4 aliphatic rings. The Labute approximate surface area is 190 Å². The second-order valence-electron chi connectivity index (χ2n) is 11.6. The number of nitrogens with one attached hydrogen (secondary N) is 1. The summed E-state index contributed by atoms with van der Waals surface area (Å²) in [4.78, 5) is 16.8. The Balaban J connectivity index is 1.40. The van der Waals surface area contributed by atoms with Crippen molar-refractivity contribution >= 4 is 30.7 Å². The minimum absolute atomic E-state index is 0.256. The lowest BCUT2D eigenvalue weighted by Gasteiger charge is -2.58. The number of nitrogens with two attached hydrogens (primary N) is 1. The summed E-state index contributed by atoms with van der Waals surface area (Å²) >= 11 is 0. The van der Waals surface area contributed by atoms with Crippen LogP contribution in [0.5, 0.6) is 0 Å². The van der Waals surface area contributed by atoms with Crippen molar-refractivity contribution in [2.75, 3.05) is 11.9 Å². The van der Waals surface area contributed by atoms with Crippen LogP contribution in [-0.2, 0) is 11.5 Å². The number of anilines is 1. The number of carbonyl (C=O) groups is 1. The van der Waals surface area contributed by atoms with Gasteiger partial charge in [0.15, 0.2) is 0 Å². The molecule has 0 aromatic carbocycles. The van der Waals surface area contributed by atoms with Crippen LogP contribution in [0.3, 0.4) is 0 Å². The molecule has 8 heteroatoms. The molecule has 0 saturated heterocycles. The van der Waals surface area contributed by atoms with Crippen LogP contribution in [-0.4, -0.2) is 46.9 Å². The van der Waals surface area contributed by atoms with Crippen molar-refractivity contribution in [2.45, 2.75) is 76.2 Å². The fourth-order valence-corrected chi connectivity index (χ4v) is 7.27. The van der Waals surface area contributed by atoms with Gasteiger partial charge in [-0.15, -0.1) is 0 Å². The molecule has 6 rings (SSSR count). The fraction of sp³-hybridized carbons (Fsp3) is 0.667. The first-order valence-corrected chi connectivity index (χ1v) is 15.7. The van der Waals surface area contributed by atoms with E-state index < -0.39 is 19.6 Å². The normalized spacial score (nSPS) is 31.4. The summed E-state index contributed by atoms with van der Waals surface area (Å²) in [7, 11) is -1.13. The molecule has 2 heterocycles. The van der Waals surface area contributed by atoms with Gasteiger partial charge in [-0.2, -0.15) is 0 Å². The van der Waals surface area contributed by atoms with Gasteiger partial charge in [-0.25, -0.2) is 4.98 Å². The Bertz CT molecular complexity index is 1010. The summed E-state index contributed by atoms with van der Waals surface area (Å²) < 4.78 is 7.93. The Morgan fingerprint density at radius 3 is 2.66 bits per heavy atom. The smallest absolute Gasteiger partial charge is 0.252 e. The van der Waals surface area contributed by atoms with E-state index in [0.717, 1.165) is 61.5 Å². The molecule has 32 heavy (non-hydrogen) atoms. The van der Waals surface area contributed by atoms with Crippen LogP contribution in [0.4, 0.5) is 5.69 Å². The van der Waals surface area contributed by atoms with Gasteiger partial charge < -0.3 is 25.5 Å². The summed E-state index contributed by atoms with van der Waals surface area (Å²) in [6.07, 6.45) is 8.54. The highest BCUT2D eigenvalue weighted by Crippen LogP contribution is 2.56. The monoisotopic (exact) mass is 456 g/mol. The maximum Gasteiger partial charge on any atom is 0.252 e. The number of aromatic nitrogens is 2. The van der Waals surface area contributed by atoms with E-state index in [2.05, 4.69) is 29.9 Å². The van der Waals surface area contributed by atoms with Gasteiger partial charge in [-0.3, -0.25) is 4.79 Å². The van der Waals surface area contributed by atoms with Crippen LogP contribution < -0.4 is 11.1 Å². The zero-order valence-electron chi connectivity index (χ0n) is 19.4. The number of rotatable bonds is 8. The van der Waals surface area contributed by atoms with Gasteiger partial charge >= 0.3 is 0 Å². The summed E-state index contributed by atoms with van der Waals surface area (Å²) in [5.74, 6) is 1.03. The Morgan fingerprint density at radius 1 is 1.31 bits per heavy atom. The molecule has 0 spiro atoms. The number of fused-ring (bicyclic) bond motifs is 1. The van der Waals surface area contributed by atoms with Crippen molar-refractivity contribution in [3.63, 3.8) is 0 Å². The molecule has 0 unspecified atom stereocenters. The minimum Gasteiger partial charge on any atom is -0.390 e. The lowest BCUT2D eigenvalue weighted by Crippen LogP contribution is -2.59. The number of aliphatic hydroxyl groups is 1. The molecular formula is C24H36N4O3Si. The molecule has 0 aliphatic heterocycles. The topological polar surface area (TPSA) is 102 Å². The zero-order chi connectivity index (χ0) is 22.7. The average molecular weight is 457 g/mol.